The van der Waals surface area contributed by atoms with Crippen LogP contribution >= 0.6 is 15.9 Å². The van der Waals surface area contributed by atoms with Gasteiger partial charge in [-0.15, -0.1) is 0 Å². The van der Waals surface area contributed by atoms with Crippen molar-refractivity contribution < 1.29 is 5.11 Å². The number of likely N-dealkylation sites (tertiary alicyclic amines) is 1. The van der Waals surface area contributed by atoms with Crippen molar-refractivity contribution in [3.8, 4) is 0 Å². The first-order valence-corrected chi connectivity index (χ1v) is 6.57. The van der Waals surface area contributed by atoms with Crippen LogP contribution in [0.2, 0.25) is 0 Å². The van der Waals surface area contributed by atoms with Crippen molar-refractivity contribution in [2.45, 2.75) is 18.8 Å². The van der Waals surface area contributed by atoms with Gasteiger partial charge in [-0.1, -0.05) is 28.1 Å². The van der Waals surface area contributed by atoms with Crippen LogP contribution in [0.5, 0.6) is 0 Å². The zero-order valence-corrected chi connectivity index (χ0v) is 11.2. The van der Waals surface area contributed by atoms with Crippen molar-refractivity contribution in [1.29, 1.82) is 0 Å². The average molecular weight is 284 g/mol. The zero-order valence-electron chi connectivity index (χ0n) is 9.62. The molecule has 1 fully saturated rings. The second-order valence-electron chi connectivity index (χ2n) is 4.60. The molecule has 0 aromatic heterocycles. The molecule has 0 radical (unpaired) electrons. The highest BCUT2D eigenvalue weighted by Crippen LogP contribution is 2.32. The van der Waals surface area contributed by atoms with Crippen LogP contribution in [-0.2, 0) is 6.42 Å². The van der Waals surface area contributed by atoms with E-state index in [2.05, 4.69) is 46.1 Å². The maximum absolute atomic E-state index is 8.80. The maximum Gasteiger partial charge on any atom is 0.0434 e. The number of aliphatic hydroxyl groups excluding tert-OH is 1. The van der Waals surface area contributed by atoms with Gasteiger partial charge in [-0.3, -0.25) is 0 Å². The van der Waals surface area contributed by atoms with Crippen LogP contribution in [-0.4, -0.2) is 36.8 Å². The molecule has 2 nitrogen and oxygen atoms in total. The van der Waals surface area contributed by atoms with Crippen molar-refractivity contribution in [3.05, 3.63) is 33.8 Å². The van der Waals surface area contributed by atoms with E-state index in [-0.39, 0.29) is 6.61 Å². The molecule has 88 valence electrons. The molecule has 1 aliphatic heterocycles. The summed E-state index contributed by atoms with van der Waals surface area (Å²) in [7, 11) is 2.15. The summed E-state index contributed by atoms with van der Waals surface area (Å²) in [6.07, 6.45) is 1.80. The van der Waals surface area contributed by atoms with Gasteiger partial charge < -0.3 is 10.0 Å². The predicted molar refractivity (Wildman–Crippen MR) is 69.8 cm³/mol. The molecule has 0 bridgehead atoms. The average Bonchev–Trinajstić information content (AvgIpc) is 2.23. The topological polar surface area (TPSA) is 23.5 Å². The van der Waals surface area contributed by atoms with Gasteiger partial charge in [0.1, 0.15) is 0 Å². The number of hydrogen-bond acceptors (Lipinski definition) is 2. The molecule has 1 N–H and O–H groups in total. The van der Waals surface area contributed by atoms with E-state index in [1.165, 1.54) is 15.6 Å². The Labute approximate surface area is 105 Å². The molecule has 0 atom stereocenters. The van der Waals surface area contributed by atoms with E-state index < -0.39 is 0 Å². The van der Waals surface area contributed by atoms with Crippen LogP contribution in [0.1, 0.15) is 23.5 Å². The Morgan fingerprint density at radius 1 is 1.44 bits per heavy atom. The first-order chi connectivity index (χ1) is 7.70. The Morgan fingerprint density at radius 3 is 2.75 bits per heavy atom. The molecule has 1 aliphatic rings. The summed E-state index contributed by atoms with van der Waals surface area (Å²) in [5, 5.41) is 8.80. The second kappa shape index (κ2) is 5.30. The van der Waals surface area contributed by atoms with E-state index in [0.717, 1.165) is 25.9 Å². The van der Waals surface area contributed by atoms with Crippen LogP contribution < -0.4 is 0 Å². The van der Waals surface area contributed by atoms with Gasteiger partial charge in [0.2, 0.25) is 0 Å². The molecule has 1 heterocycles. The predicted octanol–water partition coefficient (Wildman–Crippen LogP) is 2.40. The fourth-order valence-electron chi connectivity index (χ4n) is 2.24. The summed E-state index contributed by atoms with van der Waals surface area (Å²) < 4.78 is 1.22. The first-order valence-electron chi connectivity index (χ1n) is 5.78. The minimum absolute atomic E-state index is 0.271. The molecule has 2 rings (SSSR count). The Morgan fingerprint density at radius 2 is 2.19 bits per heavy atom. The van der Waals surface area contributed by atoms with E-state index in [9.17, 15) is 0 Å². The Bertz CT molecular complexity index is 361. The molecular formula is C13H18BrNO. The van der Waals surface area contributed by atoms with Gasteiger partial charge in [0.05, 0.1) is 0 Å². The number of hydrogen-bond donors (Lipinski definition) is 1. The van der Waals surface area contributed by atoms with Gasteiger partial charge in [-0.2, -0.15) is 0 Å². The summed E-state index contributed by atoms with van der Waals surface area (Å²) in [4.78, 5) is 2.33. The highest BCUT2D eigenvalue weighted by Gasteiger charge is 2.26. The SMILES string of the molecule is CN1CC(c2ccc(CCCO)cc2Br)C1. The minimum Gasteiger partial charge on any atom is -0.396 e. The number of aryl methyl sites for hydroxylation is 1. The van der Waals surface area contributed by atoms with Crippen LogP contribution in [0.15, 0.2) is 22.7 Å². The van der Waals surface area contributed by atoms with Crippen LogP contribution in [0.25, 0.3) is 0 Å². The number of halogens is 1. The van der Waals surface area contributed by atoms with E-state index in [1.807, 2.05) is 0 Å². The molecule has 0 saturated carbocycles. The van der Waals surface area contributed by atoms with Gasteiger partial charge in [-0.25, -0.2) is 0 Å². The van der Waals surface area contributed by atoms with Gasteiger partial charge in [0, 0.05) is 30.1 Å². The van der Waals surface area contributed by atoms with Crippen LogP contribution in [0, 0.1) is 0 Å². The molecule has 1 saturated heterocycles. The van der Waals surface area contributed by atoms with Gasteiger partial charge >= 0.3 is 0 Å². The number of likely N-dealkylation sites (N-methyl/N-ethyl adjacent to an activating group) is 1. The normalized spacial score (nSPS) is 17.4. The quantitative estimate of drug-likeness (QED) is 0.917. The minimum atomic E-state index is 0.271. The first kappa shape index (κ1) is 12.1. The maximum atomic E-state index is 8.80. The number of aliphatic hydroxyl groups is 1. The largest absolute Gasteiger partial charge is 0.396 e. The third-order valence-electron chi connectivity index (χ3n) is 3.19. The van der Waals surface area contributed by atoms with Crippen molar-refractivity contribution >= 4 is 15.9 Å². The highest BCUT2D eigenvalue weighted by atomic mass is 79.9. The Balaban J connectivity index is 2.05. The van der Waals surface area contributed by atoms with Crippen LogP contribution in [0.3, 0.4) is 0 Å². The third-order valence-corrected chi connectivity index (χ3v) is 3.88. The lowest BCUT2D eigenvalue weighted by atomic mass is 9.91. The molecular weight excluding hydrogens is 266 g/mol. The summed E-state index contributed by atoms with van der Waals surface area (Å²) in [6.45, 7) is 2.59. The molecule has 16 heavy (non-hydrogen) atoms. The molecule has 0 aliphatic carbocycles. The smallest absolute Gasteiger partial charge is 0.0434 e. The van der Waals surface area contributed by atoms with Crippen molar-refractivity contribution in [2.24, 2.45) is 0 Å². The van der Waals surface area contributed by atoms with E-state index >= 15 is 0 Å². The van der Waals surface area contributed by atoms with Crippen molar-refractivity contribution in [1.82, 2.24) is 4.90 Å². The number of benzene rings is 1. The van der Waals surface area contributed by atoms with E-state index in [1.54, 1.807) is 0 Å². The van der Waals surface area contributed by atoms with Crippen molar-refractivity contribution in [2.75, 3.05) is 26.7 Å². The number of nitrogens with zero attached hydrogens (tertiary/aromatic N) is 1. The lowest BCUT2D eigenvalue weighted by Gasteiger charge is -2.37. The molecule has 3 heteroatoms. The molecule has 0 unspecified atom stereocenters. The van der Waals surface area contributed by atoms with Gasteiger partial charge in [0.25, 0.3) is 0 Å². The second-order valence-corrected chi connectivity index (χ2v) is 5.46. The molecule has 0 amide bonds. The van der Waals surface area contributed by atoms with Crippen LogP contribution in [0.4, 0.5) is 0 Å². The Kier molecular flexibility index (Phi) is 4.00. The standard InChI is InChI=1S/C13H18BrNO/c1-15-8-11(9-15)12-5-4-10(3-2-6-16)7-13(12)14/h4-5,7,11,16H,2-3,6,8-9H2,1H3. The lowest BCUT2D eigenvalue weighted by Crippen LogP contribution is -2.41. The summed E-state index contributed by atoms with van der Waals surface area (Å²) >= 11 is 3.65. The number of rotatable bonds is 4. The fraction of sp³-hybridized carbons (Fsp3) is 0.538. The molecule has 1 aromatic rings. The summed E-state index contributed by atoms with van der Waals surface area (Å²) in [5.74, 6) is 0.686. The molecule has 0 spiro atoms. The zero-order chi connectivity index (χ0) is 11.5. The fourth-order valence-corrected chi connectivity index (χ4v) is 2.99. The van der Waals surface area contributed by atoms with Crippen molar-refractivity contribution in [3.63, 3.8) is 0 Å². The summed E-state index contributed by atoms with van der Waals surface area (Å²) in [6, 6.07) is 6.62. The highest BCUT2D eigenvalue weighted by molar-refractivity contribution is 9.10. The van der Waals surface area contributed by atoms with E-state index in [4.69, 9.17) is 5.11 Å². The monoisotopic (exact) mass is 283 g/mol. The molecule has 1 aromatic carbocycles. The lowest BCUT2D eigenvalue weighted by molar-refractivity contribution is 0.189. The summed E-state index contributed by atoms with van der Waals surface area (Å²) in [5.41, 5.74) is 2.73. The van der Waals surface area contributed by atoms with Gasteiger partial charge in [-0.05, 0) is 37.1 Å². The Hall–Kier alpha value is -0.380. The van der Waals surface area contributed by atoms with E-state index in [0.29, 0.717) is 5.92 Å². The van der Waals surface area contributed by atoms with Gasteiger partial charge in [0.15, 0.2) is 0 Å². The third kappa shape index (κ3) is 2.65.